The van der Waals surface area contributed by atoms with Crippen molar-refractivity contribution in [1.82, 2.24) is 5.32 Å². The first-order chi connectivity index (χ1) is 9.95. The maximum absolute atomic E-state index is 11.8. The number of carboxylic acid groups (broad SMARTS) is 1. The molecule has 1 aromatic carbocycles. The fourth-order valence-corrected chi connectivity index (χ4v) is 3.05. The van der Waals surface area contributed by atoms with Gasteiger partial charge in [0.25, 0.3) is 0 Å². The third-order valence-electron chi connectivity index (χ3n) is 2.78. The number of carbonyl (C=O) groups is 2. The van der Waals surface area contributed by atoms with Gasteiger partial charge < -0.3 is 15.7 Å². The average molecular weight is 369 g/mol. The highest BCUT2D eigenvalue weighted by atomic mass is 79.9. The van der Waals surface area contributed by atoms with Gasteiger partial charge in [0.2, 0.25) is 0 Å². The molecule has 0 fully saturated rings. The molecule has 1 heterocycles. The molecular formula is C14H13BrN2O3S. The van der Waals surface area contributed by atoms with Gasteiger partial charge in [-0.25, -0.2) is 9.59 Å². The van der Waals surface area contributed by atoms with Crippen molar-refractivity contribution in [3.8, 4) is 0 Å². The number of halogens is 1. The van der Waals surface area contributed by atoms with Gasteiger partial charge in [-0.2, -0.15) is 0 Å². The van der Waals surface area contributed by atoms with Gasteiger partial charge in [0.15, 0.2) is 0 Å². The second-order valence-corrected chi connectivity index (χ2v) is 6.28. The summed E-state index contributed by atoms with van der Waals surface area (Å²) in [6, 6.07) is 6.14. The Labute approximate surface area is 134 Å². The van der Waals surface area contributed by atoms with E-state index in [9.17, 15) is 9.59 Å². The molecule has 0 saturated heterocycles. The lowest BCUT2D eigenvalue weighted by atomic mass is 10.2. The SMILES string of the molecule is Cc1ccsc1CNC(=O)Nc1cc(Br)cc(C(=O)O)c1. The number of benzene rings is 1. The Kier molecular flexibility index (Phi) is 4.98. The first kappa shape index (κ1) is 15.5. The molecule has 0 unspecified atom stereocenters. The quantitative estimate of drug-likeness (QED) is 0.766. The van der Waals surface area contributed by atoms with Gasteiger partial charge in [-0.05, 0) is 42.1 Å². The number of nitrogens with one attached hydrogen (secondary N) is 2. The smallest absolute Gasteiger partial charge is 0.335 e. The van der Waals surface area contributed by atoms with E-state index in [-0.39, 0.29) is 11.6 Å². The summed E-state index contributed by atoms with van der Waals surface area (Å²) in [4.78, 5) is 23.9. The number of aromatic carboxylic acids is 1. The van der Waals surface area contributed by atoms with Crippen LogP contribution in [0.2, 0.25) is 0 Å². The standard InChI is InChI=1S/C14H13BrN2O3S/c1-8-2-3-21-12(8)7-16-14(20)17-11-5-9(13(18)19)4-10(15)6-11/h2-6H,7H2,1H3,(H,18,19)(H2,16,17,20). The summed E-state index contributed by atoms with van der Waals surface area (Å²) in [5, 5.41) is 16.3. The van der Waals surface area contributed by atoms with E-state index >= 15 is 0 Å². The lowest BCUT2D eigenvalue weighted by Crippen LogP contribution is -2.28. The van der Waals surface area contributed by atoms with Crippen LogP contribution in [0.4, 0.5) is 10.5 Å². The third kappa shape index (κ3) is 4.30. The highest BCUT2D eigenvalue weighted by Gasteiger charge is 2.09. The predicted molar refractivity (Wildman–Crippen MR) is 86.0 cm³/mol. The number of urea groups is 1. The van der Waals surface area contributed by atoms with Crippen molar-refractivity contribution >= 4 is 45.0 Å². The number of hydrogen-bond acceptors (Lipinski definition) is 3. The fourth-order valence-electron chi connectivity index (χ4n) is 1.71. The number of thiophene rings is 1. The van der Waals surface area contributed by atoms with Crippen LogP contribution in [0.5, 0.6) is 0 Å². The van der Waals surface area contributed by atoms with Gasteiger partial charge in [-0.15, -0.1) is 11.3 Å². The number of amides is 2. The molecule has 0 radical (unpaired) electrons. The average Bonchev–Trinajstić information content (AvgIpc) is 2.81. The van der Waals surface area contributed by atoms with Gasteiger partial charge in [0.05, 0.1) is 12.1 Å². The largest absolute Gasteiger partial charge is 0.478 e. The van der Waals surface area contributed by atoms with Crippen molar-refractivity contribution < 1.29 is 14.7 Å². The topological polar surface area (TPSA) is 78.4 Å². The Bertz CT molecular complexity index is 685. The molecule has 2 aromatic rings. The molecule has 7 heteroatoms. The molecule has 21 heavy (non-hydrogen) atoms. The lowest BCUT2D eigenvalue weighted by molar-refractivity contribution is 0.0697. The molecule has 0 aliphatic carbocycles. The summed E-state index contributed by atoms with van der Waals surface area (Å²) in [6.07, 6.45) is 0. The van der Waals surface area contributed by atoms with Gasteiger partial charge in [0, 0.05) is 15.0 Å². The minimum atomic E-state index is -1.05. The number of carboxylic acids is 1. The maximum Gasteiger partial charge on any atom is 0.335 e. The Morgan fingerprint density at radius 3 is 2.71 bits per heavy atom. The fraction of sp³-hybridized carbons (Fsp3) is 0.143. The van der Waals surface area contributed by atoms with E-state index in [1.807, 2.05) is 18.4 Å². The summed E-state index contributed by atoms with van der Waals surface area (Å²) in [6.45, 7) is 2.42. The highest BCUT2D eigenvalue weighted by Crippen LogP contribution is 2.20. The Hall–Kier alpha value is -1.86. The van der Waals surface area contributed by atoms with Crippen molar-refractivity contribution in [1.29, 1.82) is 0 Å². The lowest BCUT2D eigenvalue weighted by Gasteiger charge is -2.08. The van der Waals surface area contributed by atoms with Crippen LogP contribution in [0.25, 0.3) is 0 Å². The van der Waals surface area contributed by atoms with Crippen molar-refractivity contribution in [2.45, 2.75) is 13.5 Å². The van der Waals surface area contributed by atoms with Crippen molar-refractivity contribution in [2.24, 2.45) is 0 Å². The van der Waals surface area contributed by atoms with Crippen LogP contribution in [0.3, 0.4) is 0 Å². The molecule has 110 valence electrons. The van der Waals surface area contributed by atoms with Crippen LogP contribution in [0, 0.1) is 6.92 Å². The van der Waals surface area contributed by atoms with E-state index in [1.165, 1.54) is 12.1 Å². The Morgan fingerprint density at radius 2 is 2.10 bits per heavy atom. The second-order valence-electron chi connectivity index (χ2n) is 4.37. The minimum Gasteiger partial charge on any atom is -0.478 e. The van der Waals surface area contributed by atoms with Crippen LogP contribution in [-0.2, 0) is 6.54 Å². The first-order valence-electron chi connectivity index (χ1n) is 6.07. The molecule has 0 aliphatic rings. The van der Waals surface area contributed by atoms with E-state index in [0.717, 1.165) is 10.4 Å². The van der Waals surface area contributed by atoms with Gasteiger partial charge >= 0.3 is 12.0 Å². The molecule has 1 aromatic heterocycles. The summed E-state index contributed by atoms with van der Waals surface area (Å²) in [5.74, 6) is -1.05. The molecule has 0 spiro atoms. The zero-order chi connectivity index (χ0) is 15.4. The first-order valence-corrected chi connectivity index (χ1v) is 7.74. The number of aryl methyl sites for hydroxylation is 1. The van der Waals surface area contributed by atoms with Crippen molar-refractivity contribution in [3.63, 3.8) is 0 Å². The third-order valence-corrected chi connectivity index (χ3v) is 4.26. The van der Waals surface area contributed by atoms with Crippen LogP contribution in [0.15, 0.2) is 34.1 Å². The summed E-state index contributed by atoms with van der Waals surface area (Å²) in [7, 11) is 0. The van der Waals surface area contributed by atoms with Crippen molar-refractivity contribution in [2.75, 3.05) is 5.32 Å². The second kappa shape index (κ2) is 6.73. The van der Waals surface area contributed by atoms with E-state index in [1.54, 1.807) is 17.4 Å². The van der Waals surface area contributed by atoms with Gasteiger partial charge in [-0.3, -0.25) is 0 Å². The monoisotopic (exact) mass is 368 g/mol. The minimum absolute atomic E-state index is 0.105. The van der Waals surface area contributed by atoms with Crippen LogP contribution in [0.1, 0.15) is 20.8 Å². The molecular weight excluding hydrogens is 356 g/mol. The van der Waals surface area contributed by atoms with Gasteiger partial charge in [-0.1, -0.05) is 15.9 Å². The van der Waals surface area contributed by atoms with Crippen molar-refractivity contribution in [3.05, 3.63) is 50.1 Å². The summed E-state index contributed by atoms with van der Waals surface area (Å²) in [5.41, 5.74) is 1.66. The summed E-state index contributed by atoms with van der Waals surface area (Å²) < 4.78 is 0.590. The highest BCUT2D eigenvalue weighted by molar-refractivity contribution is 9.10. The molecule has 0 saturated carbocycles. The maximum atomic E-state index is 11.8. The Balaban J connectivity index is 1.99. The Morgan fingerprint density at radius 1 is 1.33 bits per heavy atom. The van der Waals surface area contributed by atoms with E-state index < -0.39 is 5.97 Å². The zero-order valence-corrected chi connectivity index (χ0v) is 13.5. The van der Waals surface area contributed by atoms with Crippen LogP contribution >= 0.6 is 27.3 Å². The van der Waals surface area contributed by atoms with E-state index in [2.05, 4.69) is 26.6 Å². The molecule has 0 bridgehead atoms. The molecule has 2 amide bonds. The normalized spacial score (nSPS) is 10.2. The molecule has 2 rings (SSSR count). The number of rotatable bonds is 4. The van der Waals surface area contributed by atoms with E-state index in [4.69, 9.17) is 5.11 Å². The number of anilines is 1. The van der Waals surface area contributed by atoms with Crippen LogP contribution in [-0.4, -0.2) is 17.1 Å². The number of hydrogen-bond donors (Lipinski definition) is 3. The zero-order valence-electron chi connectivity index (χ0n) is 11.1. The molecule has 0 aliphatic heterocycles. The molecule has 5 nitrogen and oxygen atoms in total. The van der Waals surface area contributed by atoms with Crippen LogP contribution < -0.4 is 10.6 Å². The molecule has 0 atom stereocenters. The summed E-state index contributed by atoms with van der Waals surface area (Å²) >= 11 is 4.80. The van der Waals surface area contributed by atoms with Gasteiger partial charge in [0.1, 0.15) is 0 Å². The predicted octanol–water partition coefficient (Wildman–Crippen LogP) is 3.84. The molecule has 3 N–H and O–H groups in total. The number of carbonyl (C=O) groups excluding carboxylic acids is 1. The van der Waals surface area contributed by atoms with E-state index in [0.29, 0.717) is 16.7 Å².